The number of carbonyl (C=O) groups is 1. The van der Waals surface area contributed by atoms with E-state index < -0.39 is 0 Å². The first kappa shape index (κ1) is 13.4. The summed E-state index contributed by atoms with van der Waals surface area (Å²) in [5, 5.41) is 0. The zero-order valence-electron chi connectivity index (χ0n) is 12.0. The zero-order valence-corrected chi connectivity index (χ0v) is 12.0. The molecule has 0 fully saturated rings. The molecule has 0 aliphatic carbocycles. The Morgan fingerprint density at radius 1 is 1.52 bits per heavy atom. The standard InChI is InChI=1S/C14H17N5O2/c1-10(20)18(2)13-4-3-12-14(17-13)19(5-6-21-12)8-11-7-15-9-16-11/h3-4,7,9H,5-6,8H2,1-2H3,(H,15,16). The van der Waals surface area contributed by atoms with Crippen molar-refractivity contribution in [3.05, 3.63) is 30.4 Å². The van der Waals surface area contributed by atoms with Crippen molar-refractivity contribution >= 4 is 17.5 Å². The number of amides is 1. The smallest absolute Gasteiger partial charge is 0.224 e. The molecule has 0 saturated heterocycles. The maximum atomic E-state index is 11.5. The van der Waals surface area contributed by atoms with Crippen LogP contribution in [0, 0.1) is 0 Å². The number of aromatic nitrogens is 3. The first-order valence-electron chi connectivity index (χ1n) is 6.75. The second kappa shape index (κ2) is 5.43. The lowest BCUT2D eigenvalue weighted by Gasteiger charge is -2.30. The summed E-state index contributed by atoms with van der Waals surface area (Å²) in [6.07, 6.45) is 3.45. The number of nitrogens with zero attached hydrogens (tertiary/aromatic N) is 4. The van der Waals surface area contributed by atoms with E-state index in [1.54, 1.807) is 25.6 Å². The number of hydrogen-bond acceptors (Lipinski definition) is 5. The molecule has 0 bridgehead atoms. The van der Waals surface area contributed by atoms with Gasteiger partial charge in [0.25, 0.3) is 0 Å². The predicted octanol–water partition coefficient (Wildman–Crippen LogP) is 1.19. The lowest BCUT2D eigenvalue weighted by atomic mass is 10.3. The van der Waals surface area contributed by atoms with E-state index in [1.807, 2.05) is 6.07 Å². The average molecular weight is 287 g/mol. The highest BCUT2D eigenvalue weighted by molar-refractivity contribution is 5.90. The molecule has 110 valence electrons. The van der Waals surface area contributed by atoms with E-state index in [0.29, 0.717) is 19.0 Å². The fourth-order valence-corrected chi connectivity index (χ4v) is 2.22. The highest BCUT2D eigenvalue weighted by atomic mass is 16.5. The van der Waals surface area contributed by atoms with Crippen LogP contribution in [-0.4, -0.2) is 41.1 Å². The van der Waals surface area contributed by atoms with Crippen LogP contribution in [0.1, 0.15) is 12.6 Å². The quantitative estimate of drug-likeness (QED) is 0.917. The number of pyridine rings is 1. The van der Waals surface area contributed by atoms with Gasteiger partial charge in [0, 0.05) is 20.2 Å². The van der Waals surface area contributed by atoms with Crippen LogP contribution in [0.3, 0.4) is 0 Å². The fourth-order valence-electron chi connectivity index (χ4n) is 2.22. The molecular formula is C14H17N5O2. The second-order valence-electron chi connectivity index (χ2n) is 4.92. The molecule has 0 radical (unpaired) electrons. The first-order chi connectivity index (χ1) is 10.1. The summed E-state index contributed by atoms with van der Waals surface area (Å²) >= 11 is 0. The monoisotopic (exact) mass is 287 g/mol. The predicted molar refractivity (Wildman–Crippen MR) is 78.5 cm³/mol. The Morgan fingerprint density at radius 2 is 2.38 bits per heavy atom. The van der Waals surface area contributed by atoms with Crippen molar-refractivity contribution < 1.29 is 9.53 Å². The van der Waals surface area contributed by atoms with Crippen LogP contribution in [-0.2, 0) is 11.3 Å². The summed E-state index contributed by atoms with van der Waals surface area (Å²) in [5.74, 6) is 2.04. The molecule has 1 aliphatic rings. The Labute approximate surface area is 122 Å². The number of imidazole rings is 1. The molecule has 0 unspecified atom stereocenters. The fraction of sp³-hybridized carbons (Fsp3) is 0.357. The molecule has 7 heteroatoms. The van der Waals surface area contributed by atoms with Crippen molar-refractivity contribution in [2.45, 2.75) is 13.5 Å². The van der Waals surface area contributed by atoms with Gasteiger partial charge in [0.2, 0.25) is 5.91 Å². The molecule has 7 nitrogen and oxygen atoms in total. The van der Waals surface area contributed by atoms with Gasteiger partial charge in [0.15, 0.2) is 11.6 Å². The van der Waals surface area contributed by atoms with Crippen molar-refractivity contribution in [1.82, 2.24) is 15.0 Å². The van der Waals surface area contributed by atoms with Crippen LogP contribution in [0.5, 0.6) is 5.75 Å². The van der Waals surface area contributed by atoms with E-state index in [-0.39, 0.29) is 5.91 Å². The minimum absolute atomic E-state index is 0.0562. The molecule has 1 N–H and O–H groups in total. The van der Waals surface area contributed by atoms with E-state index in [2.05, 4.69) is 19.9 Å². The van der Waals surface area contributed by atoms with Crippen LogP contribution in [0.25, 0.3) is 0 Å². The molecule has 0 atom stereocenters. The van der Waals surface area contributed by atoms with Gasteiger partial charge in [-0.3, -0.25) is 4.79 Å². The van der Waals surface area contributed by atoms with Crippen LogP contribution < -0.4 is 14.5 Å². The van der Waals surface area contributed by atoms with E-state index >= 15 is 0 Å². The van der Waals surface area contributed by atoms with Gasteiger partial charge in [0.05, 0.1) is 25.1 Å². The number of H-pyrrole nitrogens is 1. The molecule has 1 amide bonds. The van der Waals surface area contributed by atoms with E-state index in [4.69, 9.17) is 4.74 Å². The Balaban J connectivity index is 1.91. The molecule has 2 aromatic rings. The van der Waals surface area contributed by atoms with Crippen LogP contribution in [0.15, 0.2) is 24.7 Å². The third kappa shape index (κ3) is 2.67. The normalized spacial score (nSPS) is 13.5. The molecule has 2 aromatic heterocycles. The maximum Gasteiger partial charge on any atom is 0.224 e. The minimum Gasteiger partial charge on any atom is -0.488 e. The Bertz CT molecular complexity index is 641. The summed E-state index contributed by atoms with van der Waals surface area (Å²) in [7, 11) is 1.71. The van der Waals surface area contributed by atoms with Gasteiger partial charge in [-0.15, -0.1) is 0 Å². The molecule has 0 saturated carbocycles. The number of aromatic amines is 1. The first-order valence-corrected chi connectivity index (χ1v) is 6.75. The summed E-state index contributed by atoms with van der Waals surface area (Å²) < 4.78 is 5.63. The number of fused-ring (bicyclic) bond motifs is 1. The molecule has 0 spiro atoms. The maximum absolute atomic E-state index is 11.5. The zero-order chi connectivity index (χ0) is 14.8. The van der Waals surface area contributed by atoms with Gasteiger partial charge in [-0.05, 0) is 12.1 Å². The topological polar surface area (TPSA) is 74.4 Å². The lowest BCUT2D eigenvalue weighted by molar-refractivity contribution is -0.116. The van der Waals surface area contributed by atoms with Crippen LogP contribution in [0.4, 0.5) is 11.6 Å². The van der Waals surface area contributed by atoms with Gasteiger partial charge in [-0.25, -0.2) is 9.97 Å². The number of carbonyl (C=O) groups excluding carboxylic acids is 1. The number of hydrogen-bond donors (Lipinski definition) is 1. The van der Waals surface area contributed by atoms with Crippen molar-refractivity contribution in [2.24, 2.45) is 0 Å². The number of anilines is 2. The molecule has 0 aromatic carbocycles. The molecule has 3 heterocycles. The number of rotatable bonds is 3. The van der Waals surface area contributed by atoms with Gasteiger partial charge in [0.1, 0.15) is 12.4 Å². The Morgan fingerprint density at radius 3 is 3.10 bits per heavy atom. The van der Waals surface area contributed by atoms with Crippen molar-refractivity contribution in [3.63, 3.8) is 0 Å². The van der Waals surface area contributed by atoms with Gasteiger partial charge in [-0.2, -0.15) is 0 Å². The largest absolute Gasteiger partial charge is 0.488 e. The highest BCUT2D eigenvalue weighted by Crippen LogP contribution is 2.32. The van der Waals surface area contributed by atoms with Crippen molar-refractivity contribution in [1.29, 1.82) is 0 Å². The van der Waals surface area contributed by atoms with Crippen molar-refractivity contribution in [2.75, 3.05) is 30.0 Å². The van der Waals surface area contributed by atoms with Gasteiger partial charge in [-0.1, -0.05) is 0 Å². The molecule has 1 aliphatic heterocycles. The SMILES string of the molecule is CC(=O)N(C)c1ccc2c(n1)N(Cc1cnc[nH]1)CCO2. The van der Waals surface area contributed by atoms with Gasteiger partial charge >= 0.3 is 0 Å². The molecule has 21 heavy (non-hydrogen) atoms. The second-order valence-corrected chi connectivity index (χ2v) is 4.92. The summed E-state index contributed by atoms with van der Waals surface area (Å²) in [5.41, 5.74) is 1.01. The molecular weight excluding hydrogens is 270 g/mol. The minimum atomic E-state index is -0.0562. The molecule has 3 rings (SSSR count). The van der Waals surface area contributed by atoms with Crippen molar-refractivity contribution in [3.8, 4) is 5.75 Å². The van der Waals surface area contributed by atoms with E-state index in [1.165, 1.54) is 11.8 Å². The van der Waals surface area contributed by atoms with Gasteiger partial charge < -0.3 is 19.5 Å². The summed E-state index contributed by atoms with van der Waals surface area (Å²) in [6, 6.07) is 3.65. The van der Waals surface area contributed by atoms with E-state index in [0.717, 1.165) is 23.8 Å². The highest BCUT2D eigenvalue weighted by Gasteiger charge is 2.22. The third-order valence-electron chi connectivity index (χ3n) is 3.47. The number of ether oxygens (including phenoxy) is 1. The summed E-state index contributed by atoms with van der Waals surface area (Å²) in [4.78, 5) is 26.8. The third-order valence-corrected chi connectivity index (χ3v) is 3.47. The van der Waals surface area contributed by atoms with E-state index in [9.17, 15) is 4.79 Å². The van der Waals surface area contributed by atoms with Crippen LogP contribution in [0.2, 0.25) is 0 Å². The average Bonchev–Trinajstić information content (AvgIpc) is 2.99. The lowest BCUT2D eigenvalue weighted by Crippen LogP contribution is -2.34. The Kier molecular flexibility index (Phi) is 3.47. The Hall–Kier alpha value is -2.57. The summed E-state index contributed by atoms with van der Waals surface area (Å²) in [6.45, 7) is 3.55. The van der Waals surface area contributed by atoms with Crippen LogP contribution >= 0.6 is 0 Å². The number of nitrogens with one attached hydrogen (secondary N) is 1.